The van der Waals surface area contributed by atoms with Gasteiger partial charge in [-0.3, -0.25) is 0 Å². The summed E-state index contributed by atoms with van der Waals surface area (Å²) < 4.78 is 1.73. The molecule has 2 aromatic heterocycles. The lowest BCUT2D eigenvalue weighted by atomic mass is 10.1. The molecule has 1 N–H and O–H groups in total. The molecule has 0 saturated carbocycles. The van der Waals surface area contributed by atoms with E-state index in [1.165, 1.54) is 4.88 Å². The van der Waals surface area contributed by atoms with Crippen molar-refractivity contribution in [2.24, 2.45) is 0 Å². The Morgan fingerprint density at radius 2 is 2.16 bits per heavy atom. The third kappa shape index (κ3) is 3.55. The van der Waals surface area contributed by atoms with E-state index >= 15 is 0 Å². The second kappa shape index (κ2) is 6.92. The summed E-state index contributed by atoms with van der Waals surface area (Å²) in [5.41, 5.74) is 1.13. The van der Waals surface area contributed by atoms with E-state index in [-0.39, 0.29) is 6.04 Å². The maximum absolute atomic E-state index is 6.41. The summed E-state index contributed by atoms with van der Waals surface area (Å²) in [5, 5.41) is 6.51. The first-order valence-electron chi connectivity index (χ1n) is 5.96. The van der Waals surface area contributed by atoms with Crippen LogP contribution in [0.15, 0.2) is 15.9 Å². The van der Waals surface area contributed by atoms with Gasteiger partial charge < -0.3 is 5.32 Å². The molecule has 1 unspecified atom stereocenters. The SMILES string of the molecule is CCCNC(c1cc(Br)c(Cl)s1)c1scc(C)c1Cl. The third-order valence-electron chi connectivity index (χ3n) is 2.73. The zero-order valence-corrected chi connectivity index (χ0v) is 15.3. The molecule has 0 saturated heterocycles. The molecular weight excluding hydrogens is 385 g/mol. The Bertz CT molecular complexity index is 545. The van der Waals surface area contributed by atoms with Gasteiger partial charge in [0.15, 0.2) is 0 Å². The molecule has 0 aliphatic carbocycles. The van der Waals surface area contributed by atoms with Crippen molar-refractivity contribution in [3.05, 3.63) is 40.6 Å². The predicted molar refractivity (Wildman–Crippen MR) is 91.2 cm³/mol. The minimum absolute atomic E-state index is 0.125. The molecule has 0 aliphatic rings. The number of thiophene rings is 2. The molecule has 2 aromatic rings. The summed E-state index contributed by atoms with van der Waals surface area (Å²) in [4.78, 5) is 2.35. The summed E-state index contributed by atoms with van der Waals surface area (Å²) in [7, 11) is 0. The van der Waals surface area contributed by atoms with Crippen LogP contribution in [0.2, 0.25) is 9.36 Å². The summed E-state index contributed by atoms with van der Waals surface area (Å²) >= 11 is 19.3. The molecule has 2 rings (SSSR count). The topological polar surface area (TPSA) is 12.0 Å². The molecule has 1 atom stereocenters. The second-order valence-corrected chi connectivity index (χ2v) is 8.08. The highest BCUT2D eigenvalue weighted by molar-refractivity contribution is 9.10. The lowest BCUT2D eigenvalue weighted by molar-refractivity contribution is 0.613. The van der Waals surface area contributed by atoms with Crippen LogP contribution in [-0.4, -0.2) is 6.54 Å². The van der Waals surface area contributed by atoms with Gasteiger partial charge in [0, 0.05) is 14.2 Å². The second-order valence-electron chi connectivity index (χ2n) is 4.25. The van der Waals surface area contributed by atoms with E-state index in [0.717, 1.165) is 37.2 Å². The molecule has 2 heterocycles. The fourth-order valence-corrected chi connectivity index (χ4v) is 5.05. The van der Waals surface area contributed by atoms with E-state index in [0.29, 0.717) is 0 Å². The van der Waals surface area contributed by atoms with Gasteiger partial charge in [0.05, 0.1) is 11.1 Å². The van der Waals surface area contributed by atoms with E-state index in [4.69, 9.17) is 23.2 Å². The largest absolute Gasteiger partial charge is 0.305 e. The average Bonchev–Trinajstić information content (AvgIpc) is 2.87. The predicted octanol–water partition coefficient (Wildman–Crippen LogP) is 6.28. The smallest absolute Gasteiger partial charge is 0.107 e. The fraction of sp³-hybridized carbons (Fsp3) is 0.385. The van der Waals surface area contributed by atoms with Gasteiger partial charge in [-0.15, -0.1) is 22.7 Å². The average molecular weight is 399 g/mol. The summed E-state index contributed by atoms with van der Waals surface area (Å²) in [6.45, 7) is 5.14. The summed E-state index contributed by atoms with van der Waals surface area (Å²) in [6, 6.07) is 2.20. The van der Waals surface area contributed by atoms with Crippen LogP contribution >= 0.6 is 61.8 Å². The van der Waals surface area contributed by atoms with Crippen molar-refractivity contribution in [2.45, 2.75) is 26.3 Å². The number of halogens is 3. The zero-order chi connectivity index (χ0) is 14.0. The molecule has 6 heteroatoms. The van der Waals surface area contributed by atoms with E-state index in [1.807, 2.05) is 6.92 Å². The first kappa shape index (κ1) is 15.8. The van der Waals surface area contributed by atoms with Crippen LogP contribution in [0.5, 0.6) is 0 Å². The van der Waals surface area contributed by atoms with Gasteiger partial charge in [-0.05, 0) is 52.8 Å². The molecule has 0 fully saturated rings. The number of nitrogens with one attached hydrogen (secondary N) is 1. The van der Waals surface area contributed by atoms with Crippen molar-refractivity contribution in [1.29, 1.82) is 0 Å². The van der Waals surface area contributed by atoms with Crippen LogP contribution in [0.1, 0.15) is 34.7 Å². The van der Waals surface area contributed by atoms with Crippen molar-refractivity contribution < 1.29 is 0 Å². The number of aryl methyl sites for hydroxylation is 1. The number of hydrogen-bond acceptors (Lipinski definition) is 3. The molecule has 0 aliphatic heterocycles. The van der Waals surface area contributed by atoms with Gasteiger partial charge >= 0.3 is 0 Å². The Morgan fingerprint density at radius 1 is 1.42 bits per heavy atom. The zero-order valence-electron chi connectivity index (χ0n) is 10.6. The molecular formula is C13H14BrCl2NS2. The molecule has 1 nitrogen and oxygen atoms in total. The van der Waals surface area contributed by atoms with Crippen LogP contribution in [0.25, 0.3) is 0 Å². The Hall–Kier alpha value is 0.420. The van der Waals surface area contributed by atoms with Crippen LogP contribution < -0.4 is 5.32 Å². The van der Waals surface area contributed by atoms with Gasteiger partial charge in [0.2, 0.25) is 0 Å². The highest BCUT2D eigenvalue weighted by Gasteiger charge is 2.22. The highest BCUT2D eigenvalue weighted by Crippen LogP contribution is 2.41. The molecule has 0 radical (unpaired) electrons. The molecule has 104 valence electrons. The fourth-order valence-electron chi connectivity index (χ4n) is 1.76. The Morgan fingerprint density at radius 3 is 2.63 bits per heavy atom. The lowest BCUT2D eigenvalue weighted by Crippen LogP contribution is -2.21. The standard InChI is InChI=1S/C13H14BrCl2NS2/c1-3-4-17-11(9-5-8(14)13(16)19-9)12-10(15)7(2)6-18-12/h5-6,11,17H,3-4H2,1-2H3. The molecule has 0 bridgehead atoms. The van der Waals surface area contributed by atoms with Crippen LogP contribution in [0.4, 0.5) is 0 Å². The van der Waals surface area contributed by atoms with E-state index in [1.54, 1.807) is 22.7 Å². The van der Waals surface area contributed by atoms with Crippen LogP contribution in [0.3, 0.4) is 0 Å². The van der Waals surface area contributed by atoms with Crippen molar-refractivity contribution in [1.82, 2.24) is 5.32 Å². The highest BCUT2D eigenvalue weighted by atomic mass is 79.9. The maximum Gasteiger partial charge on any atom is 0.107 e. The molecule has 19 heavy (non-hydrogen) atoms. The number of rotatable bonds is 5. The van der Waals surface area contributed by atoms with Crippen LogP contribution in [0, 0.1) is 6.92 Å². The van der Waals surface area contributed by atoms with Crippen molar-refractivity contribution in [2.75, 3.05) is 6.54 Å². The van der Waals surface area contributed by atoms with Gasteiger partial charge in [0.25, 0.3) is 0 Å². The van der Waals surface area contributed by atoms with E-state index in [2.05, 4.69) is 39.6 Å². The lowest BCUT2D eigenvalue weighted by Gasteiger charge is -2.16. The van der Waals surface area contributed by atoms with Crippen LogP contribution in [-0.2, 0) is 0 Å². The Labute approximate surface area is 140 Å². The summed E-state index contributed by atoms with van der Waals surface area (Å²) in [5.74, 6) is 0. The first-order valence-corrected chi connectivity index (χ1v) is 9.20. The van der Waals surface area contributed by atoms with Crippen molar-refractivity contribution in [3.8, 4) is 0 Å². The van der Waals surface area contributed by atoms with Crippen molar-refractivity contribution >= 4 is 61.8 Å². The third-order valence-corrected chi connectivity index (χ3v) is 7.05. The quantitative estimate of drug-likeness (QED) is 0.625. The maximum atomic E-state index is 6.41. The van der Waals surface area contributed by atoms with Gasteiger partial charge in [-0.1, -0.05) is 30.1 Å². The van der Waals surface area contributed by atoms with Gasteiger partial charge in [-0.2, -0.15) is 0 Å². The van der Waals surface area contributed by atoms with E-state index in [9.17, 15) is 0 Å². The monoisotopic (exact) mass is 397 g/mol. The first-order chi connectivity index (χ1) is 9.04. The minimum Gasteiger partial charge on any atom is -0.305 e. The van der Waals surface area contributed by atoms with E-state index < -0.39 is 0 Å². The Kier molecular flexibility index (Phi) is 5.76. The van der Waals surface area contributed by atoms with Gasteiger partial charge in [-0.25, -0.2) is 0 Å². The van der Waals surface area contributed by atoms with Gasteiger partial charge in [0.1, 0.15) is 4.34 Å². The molecule has 0 aromatic carbocycles. The number of hydrogen-bond donors (Lipinski definition) is 1. The van der Waals surface area contributed by atoms with Crippen molar-refractivity contribution in [3.63, 3.8) is 0 Å². The minimum atomic E-state index is 0.125. The summed E-state index contributed by atoms with van der Waals surface area (Å²) in [6.07, 6.45) is 1.08. The molecule has 0 amide bonds. The Balaban J connectivity index is 2.38. The molecule has 0 spiro atoms. The normalized spacial score (nSPS) is 12.9.